The molecule has 0 bridgehead atoms. The molecule has 1 N–H and O–H groups in total. The monoisotopic (exact) mass is 477 g/mol. The van der Waals surface area contributed by atoms with E-state index >= 15 is 0 Å². The molecule has 1 amide bonds. The van der Waals surface area contributed by atoms with E-state index in [1.165, 1.54) is 0 Å². The van der Waals surface area contributed by atoms with E-state index in [1.807, 2.05) is 65.9 Å². The van der Waals surface area contributed by atoms with E-state index in [-0.39, 0.29) is 11.9 Å². The van der Waals surface area contributed by atoms with Crippen LogP contribution in [0.2, 0.25) is 5.02 Å². The Hall–Kier alpha value is -3.39. The number of amides is 1. The van der Waals surface area contributed by atoms with E-state index < -0.39 is 5.41 Å². The van der Waals surface area contributed by atoms with Crippen molar-refractivity contribution in [3.05, 3.63) is 65.8 Å². The fraction of sp³-hybridized carbons (Fsp3) is 0.360. The number of nitrogens with one attached hydrogen (secondary N) is 1. The number of hydrogen-bond donors (Lipinski definition) is 1. The number of fused-ring (bicyclic) bond motifs is 1. The average molecular weight is 478 g/mol. The Bertz CT molecular complexity index is 1340. The molecule has 1 aliphatic rings. The Morgan fingerprint density at radius 2 is 1.82 bits per heavy atom. The van der Waals surface area contributed by atoms with Crippen molar-refractivity contribution in [1.82, 2.24) is 29.7 Å². The van der Waals surface area contributed by atoms with Crippen LogP contribution >= 0.6 is 11.6 Å². The molecule has 0 spiro atoms. The number of carbonyl (C=O) groups is 1. The molecule has 4 aromatic rings. The van der Waals surface area contributed by atoms with E-state index in [9.17, 15) is 4.79 Å². The lowest BCUT2D eigenvalue weighted by Crippen LogP contribution is -2.62. The molecule has 9 heteroatoms. The third-order valence-electron chi connectivity index (χ3n) is 6.49. The molecule has 34 heavy (non-hydrogen) atoms. The zero-order valence-electron chi connectivity index (χ0n) is 19.7. The lowest BCUT2D eigenvalue weighted by molar-refractivity contribution is -0.132. The maximum Gasteiger partial charge on any atom is 0.230 e. The van der Waals surface area contributed by atoms with Crippen molar-refractivity contribution in [2.45, 2.75) is 39.8 Å². The van der Waals surface area contributed by atoms with Crippen LogP contribution in [0.1, 0.15) is 45.3 Å². The van der Waals surface area contributed by atoms with Gasteiger partial charge in [-0.2, -0.15) is 10.2 Å². The highest BCUT2D eigenvalue weighted by molar-refractivity contribution is 6.30. The van der Waals surface area contributed by atoms with E-state index in [2.05, 4.69) is 45.3 Å². The smallest absolute Gasteiger partial charge is 0.230 e. The normalized spacial score (nSPS) is 16.0. The number of carbonyl (C=O) groups excluding carboxylic acids is 1. The molecule has 1 aromatic carbocycles. The predicted molar refractivity (Wildman–Crippen MR) is 133 cm³/mol. The third-order valence-corrected chi connectivity index (χ3v) is 6.75. The number of nitrogens with zero attached hydrogens (tertiary/aromatic N) is 6. The van der Waals surface area contributed by atoms with E-state index in [1.54, 1.807) is 6.33 Å². The highest BCUT2D eigenvalue weighted by Crippen LogP contribution is 2.37. The van der Waals surface area contributed by atoms with Gasteiger partial charge in [-0.25, -0.2) is 9.50 Å². The van der Waals surface area contributed by atoms with Gasteiger partial charge in [-0.1, -0.05) is 23.7 Å². The van der Waals surface area contributed by atoms with Crippen LogP contribution in [0.3, 0.4) is 0 Å². The highest BCUT2D eigenvalue weighted by Gasteiger charge is 2.46. The summed E-state index contributed by atoms with van der Waals surface area (Å²) in [6.45, 7) is 9.36. The Morgan fingerprint density at radius 1 is 1.09 bits per heavy atom. The van der Waals surface area contributed by atoms with Gasteiger partial charge in [-0.3, -0.25) is 9.48 Å². The van der Waals surface area contributed by atoms with Crippen LogP contribution in [0.4, 0.5) is 5.82 Å². The quantitative estimate of drug-likeness (QED) is 0.441. The zero-order valence-corrected chi connectivity index (χ0v) is 20.5. The van der Waals surface area contributed by atoms with Crippen LogP contribution in [-0.2, 0) is 4.79 Å². The van der Waals surface area contributed by atoms with Gasteiger partial charge in [0.05, 0.1) is 17.7 Å². The number of rotatable bonds is 6. The maximum atomic E-state index is 13.1. The summed E-state index contributed by atoms with van der Waals surface area (Å²) >= 11 is 5.98. The fourth-order valence-electron chi connectivity index (χ4n) is 4.38. The van der Waals surface area contributed by atoms with Gasteiger partial charge in [0, 0.05) is 47.7 Å². The molecular formula is C25H28ClN7O. The molecule has 0 saturated carbocycles. The lowest BCUT2D eigenvalue weighted by atomic mass is 9.80. The first-order valence-corrected chi connectivity index (χ1v) is 11.8. The van der Waals surface area contributed by atoms with E-state index in [4.69, 9.17) is 11.6 Å². The van der Waals surface area contributed by atoms with Crippen molar-refractivity contribution < 1.29 is 4.79 Å². The summed E-state index contributed by atoms with van der Waals surface area (Å²) in [6, 6.07) is 9.84. The van der Waals surface area contributed by atoms with Crippen LogP contribution in [-0.4, -0.2) is 43.4 Å². The van der Waals surface area contributed by atoms with Gasteiger partial charge in [0.2, 0.25) is 5.91 Å². The van der Waals surface area contributed by atoms with Crippen molar-refractivity contribution in [2.75, 3.05) is 18.0 Å². The third kappa shape index (κ3) is 4.03. The highest BCUT2D eigenvalue weighted by atomic mass is 35.5. The van der Waals surface area contributed by atoms with Crippen molar-refractivity contribution >= 4 is 28.8 Å². The van der Waals surface area contributed by atoms with Crippen molar-refractivity contribution in [3.63, 3.8) is 0 Å². The van der Waals surface area contributed by atoms with Crippen LogP contribution in [0, 0.1) is 5.41 Å². The molecule has 0 unspecified atom stereocenters. The minimum atomic E-state index is -0.490. The van der Waals surface area contributed by atoms with Gasteiger partial charge < -0.3 is 10.2 Å². The maximum absolute atomic E-state index is 13.1. The summed E-state index contributed by atoms with van der Waals surface area (Å²) in [5.41, 5.74) is 3.51. The van der Waals surface area contributed by atoms with Crippen LogP contribution < -0.4 is 10.2 Å². The first kappa shape index (κ1) is 22.4. The topological polar surface area (TPSA) is 80.4 Å². The molecule has 3 aromatic heterocycles. The fourth-order valence-corrected chi connectivity index (χ4v) is 4.51. The average Bonchev–Trinajstić information content (AvgIpc) is 3.44. The van der Waals surface area contributed by atoms with Crippen LogP contribution in [0.5, 0.6) is 0 Å². The minimum absolute atomic E-state index is 0.0356. The summed E-state index contributed by atoms with van der Waals surface area (Å²) in [6.07, 6.45) is 7.46. The minimum Gasteiger partial charge on any atom is -0.352 e. The number of halogens is 1. The number of benzene rings is 1. The first-order chi connectivity index (χ1) is 16.2. The molecular weight excluding hydrogens is 450 g/mol. The molecule has 1 aliphatic heterocycles. The van der Waals surface area contributed by atoms with Gasteiger partial charge in [0.1, 0.15) is 11.8 Å². The molecule has 5 rings (SSSR count). The van der Waals surface area contributed by atoms with E-state index in [0.29, 0.717) is 24.2 Å². The molecule has 8 nitrogen and oxygen atoms in total. The molecule has 1 saturated heterocycles. The molecule has 1 atom stereocenters. The molecule has 176 valence electrons. The SMILES string of the molecule is CC(C)n1cc(-c2cc3c(N4CC(C)(C(=O)N[C@@H](C)c5ccc(Cl)cc5)C4)ncnn3c2)cn1. The van der Waals surface area contributed by atoms with Crippen molar-refractivity contribution in [3.8, 4) is 11.1 Å². The Morgan fingerprint density at radius 3 is 2.50 bits per heavy atom. The first-order valence-electron chi connectivity index (χ1n) is 11.4. The predicted octanol–water partition coefficient (Wildman–Crippen LogP) is 4.53. The van der Waals surface area contributed by atoms with Gasteiger partial charge in [0.15, 0.2) is 5.82 Å². The second-order valence-electron chi connectivity index (χ2n) is 9.61. The summed E-state index contributed by atoms with van der Waals surface area (Å²) in [5, 5.41) is 12.7. The summed E-state index contributed by atoms with van der Waals surface area (Å²) in [5.74, 6) is 0.863. The van der Waals surface area contributed by atoms with E-state index in [0.717, 1.165) is 28.0 Å². The van der Waals surface area contributed by atoms with Crippen molar-refractivity contribution in [1.29, 1.82) is 0 Å². The summed E-state index contributed by atoms with van der Waals surface area (Å²) < 4.78 is 3.78. The van der Waals surface area contributed by atoms with Gasteiger partial charge in [-0.15, -0.1) is 0 Å². The van der Waals surface area contributed by atoms with Crippen LogP contribution in [0.15, 0.2) is 55.2 Å². The Balaban J connectivity index is 1.31. The number of anilines is 1. The van der Waals surface area contributed by atoms with Gasteiger partial charge in [-0.05, 0) is 51.5 Å². The molecule has 0 radical (unpaired) electrons. The second-order valence-corrected chi connectivity index (χ2v) is 10.0. The largest absolute Gasteiger partial charge is 0.352 e. The second kappa shape index (κ2) is 8.43. The lowest BCUT2D eigenvalue weighted by Gasteiger charge is -2.47. The van der Waals surface area contributed by atoms with Crippen molar-refractivity contribution in [2.24, 2.45) is 5.41 Å². The summed E-state index contributed by atoms with van der Waals surface area (Å²) in [7, 11) is 0. The van der Waals surface area contributed by atoms with Gasteiger partial charge >= 0.3 is 0 Å². The van der Waals surface area contributed by atoms with Gasteiger partial charge in [0.25, 0.3) is 0 Å². The number of hydrogen-bond acceptors (Lipinski definition) is 5. The summed E-state index contributed by atoms with van der Waals surface area (Å²) in [4.78, 5) is 19.7. The Kier molecular flexibility index (Phi) is 5.56. The standard InChI is InChI=1S/C25H28ClN7O/c1-16(2)32-12-20(10-28-32)19-9-22-23(27-15-29-33(22)11-19)31-13-25(4,14-31)24(34)30-17(3)18-5-7-21(26)8-6-18/h5-12,15-17H,13-14H2,1-4H3,(H,30,34)/t17-/m0/s1. The molecule has 4 heterocycles. The van der Waals surface area contributed by atoms with Crippen LogP contribution in [0.25, 0.3) is 16.6 Å². The zero-order chi connectivity index (χ0) is 24.0. The molecule has 0 aliphatic carbocycles. The molecule has 1 fully saturated rings. The Labute approximate surface area is 203 Å². The number of aromatic nitrogens is 5.